The van der Waals surface area contributed by atoms with Crippen LogP contribution in [0.1, 0.15) is 29.2 Å². The van der Waals surface area contributed by atoms with E-state index in [1.54, 1.807) is 0 Å². The Kier molecular flexibility index (Phi) is 4.36. The van der Waals surface area contributed by atoms with Crippen molar-refractivity contribution in [1.29, 1.82) is 5.26 Å². The fraction of sp³-hybridized carbons (Fsp3) is 0.333. The maximum absolute atomic E-state index is 12.0. The molecule has 2 heterocycles. The molecule has 5 heteroatoms. The number of benzene rings is 2. The van der Waals surface area contributed by atoms with Gasteiger partial charge in [0.15, 0.2) is 0 Å². The Labute approximate surface area is 152 Å². The molecule has 0 amide bonds. The Hall–Kier alpha value is -2.84. The largest absolute Gasteiger partial charge is 0.465 e. The topological polar surface area (TPSA) is 58.3 Å². The van der Waals surface area contributed by atoms with E-state index in [-0.39, 0.29) is 5.97 Å². The van der Waals surface area contributed by atoms with Crippen molar-refractivity contribution >= 4 is 27.8 Å². The van der Waals surface area contributed by atoms with Crippen molar-refractivity contribution in [2.75, 3.05) is 26.7 Å². The SMILES string of the molecule is COC(=O)c1ccc2c3ccccc3n(C3CCN(CC#N)CC3)c2c1. The third kappa shape index (κ3) is 2.73. The van der Waals surface area contributed by atoms with Gasteiger partial charge in [-0.25, -0.2) is 4.79 Å². The summed E-state index contributed by atoms with van der Waals surface area (Å²) < 4.78 is 7.28. The molecule has 0 N–H and O–H groups in total. The van der Waals surface area contributed by atoms with Crippen LogP contribution in [0.25, 0.3) is 21.8 Å². The Morgan fingerprint density at radius 2 is 1.88 bits per heavy atom. The van der Waals surface area contributed by atoms with Gasteiger partial charge in [0.1, 0.15) is 0 Å². The van der Waals surface area contributed by atoms with Gasteiger partial charge in [-0.1, -0.05) is 24.3 Å². The first kappa shape index (κ1) is 16.6. The number of esters is 1. The number of hydrogen-bond acceptors (Lipinski definition) is 4. The zero-order chi connectivity index (χ0) is 18.1. The first-order chi connectivity index (χ1) is 12.7. The molecule has 5 nitrogen and oxygen atoms in total. The average Bonchev–Trinajstić information content (AvgIpc) is 3.02. The molecule has 0 bridgehead atoms. The minimum Gasteiger partial charge on any atom is -0.465 e. The molecule has 1 saturated heterocycles. The van der Waals surface area contributed by atoms with Gasteiger partial charge in [0, 0.05) is 35.4 Å². The van der Waals surface area contributed by atoms with Gasteiger partial charge in [-0.2, -0.15) is 5.26 Å². The number of piperidine rings is 1. The lowest BCUT2D eigenvalue weighted by Crippen LogP contribution is -2.34. The van der Waals surface area contributed by atoms with Crippen molar-refractivity contribution in [2.45, 2.75) is 18.9 Å². The molecular formula is C21H21N3O2. The van der Waals surface area contributed by atoms with Crippen LogP contribution in [-0.2, 0) is 4.74 Å². The second-order valence-electron chi connectivity index (χ2n) is 6.78. The number of carbonyl (C=O) groups is 1. The maximum Gasteiger partial charge on any atom is 0.337 e. The minimum absolute atomic E-state index is 0.312. The van der Waals surface area contributed by atoms with E-state index in [9.17, 15) is 4.79 Å². The first-order valence-corrected chi connectivity index (χ1v) is 8.93. The van der Waals surface area contributed by atoms with Gasteiger partial charge < -0.3 is 9.30 Å². The molecule has 26 heavy (non-hydrogen) atoms. The van der Waals surface area contributed by atoms with E-state index < -0.39 is 0 Å². The molecule has 1 aliphatic rings. The van der Waals surface area contributed by atoms with Crippen molar-refractivity contribution in [3.05, 3.63) is 48.0 Å². The average molecular weight is 347 g/mol. The number of para-hydroxylation sites is 1. The molecule has 1 fully saturated rings. The smallest absolute Gasteiger partial charge is 0.337 e. The van der Waals surface area contributed by atoms with Crippen molar-refractivity contribution in [1.82, 2.24) is 9.47 Å². The fourth-order valence-corrected chi connectivity index (χ4v) is 4.07. The highest BCUT2D eigenvalue weighted by molar-refractivity contribution is 6.09. The number of fused-ring (bicyclic) bond motifs is 3. The van der Waals surface area contributed by atoms with Crippen LogP contribution >= 0.6 is 0 Å². The van der Waals surface area contributed by atoms with Crippen LogP contribution in [0.5, 0.6) is 0 Å². The van der Waals surface area contributed by atoms with E-state index in [1.807, 2.05) is 18.2 Å². The van der Waals surface area contributed by atoms with E-state index in [0.29, 0.717) is 18.2 Å². The zero-order valence-electron chi connectivity index (χ0n) is 14.8. The Morgan fingerprint density at radius 1 is 1.15 bits per heavy atom. The van der Waals surface area contributed by atoms with Crippen molar-refractivity contribution in [3.63, 3.8) is 0 Å². The summed E-state index contributed by atoms with van der Waals surface area (Å²) in [5.41, 5.74) is 2.85. The Balaban J connectivity index is 1.83. The molecule has 2 aromatic carbocycles. The molecule has 3 aromatic rings. The van der Waals surface area contributed by atoms with Crippen molar-refractivity contribution in [3.8, 4) is 6.07 Å². The van der Waals surface area contributed by atoms with Gasteiger partial charge in [-0.3, -0.25) is 4.90 Å². The second-order valence-corrected chi connectivity index (χ2v) is 6.78. The molecule has 0 aliphatic carbocycles. The van der Waals surface area contributed by atoms with E-state index in [2.05, 4.69) is 39.8 Å². The van der Waals surface area contributed by atoms with Crippen LogP contribution in [0.3, 0.4) is 0 Å². The summed E-state index contributed by atoms with van der Waals surface area (Å²) in [4.78, 5) is 14.2. The normalized spacial score (nSPS) is 16.0. The van der Waals surface area contributed by atoms with Crippen LogP contribution in [0.4, 0.5) is 0 Å². The number of hydrogen-bond donors (Lipinski definition) is 0. The summed E-state index contributed by atoms with van der Waals surface area (Å²) >= 11 is 0. The summed E-state index contributed by atoms with van der Waals surface area (Å²) in [5, 5.41) is 11.3. The van der Waals surface area contributed by atoms with Gasteiger partial charge >= 0.3 is 5.97 Å². The number of methoxy groups -OCH3 is 1. The highest BCUT2D eigenvalue weighted by Crippen LogP contribution is 2.36. The van der Waals surface area contributed by atoms with E-state index in [4.69, 9.17) is 10.00 Å². The van der Waals surface area contributed by atoms with E-state index >= 15 is 0 Å². The lowest BCUT2D eigenvalue weighted by Gasteiger charge is -2.32. The molecule has 1 aromatic heterocycles. The summed E-state index contributed by atoms with van der Waals surface area (Å²) in [7, 11) is 1.41. The van der Waals surface area contributed by atoms with Crippen LogP contribution in [-0.4, -0.2) is 42.2 Å². The highest BCUT2D eigenvalue weighted by atomic mass is 16.5. The van der Waals surface area contributed by atoms with Crippen LogP contribution in [0.2, 0.25) is 0 Å². The van der Waals surface area contributed by atoms with E-state index in [1.165, 1.54) is 18.0 Å². The summed E-state index contributed by atoms with van der Waals surface area (Å²) in [6, 6.07) is 16.8. The summed E-state index contributed by atoms with van der Waals surface area (Å²) in [6.45, 7) is 2.33. The summed E-state index contributed by atoms with van der Waals surface area (Å²) in [5.74, 6) is -0.312. The number of rotatable bonds is 3. The maximum atomic E-state index is 12.0. The van der Waals surface area contributed by atoms with Gasteiger partial charge in [-0.15, -0.1) is 0 Å². The second kappa shape index (κ2) is 6.81. The monoisotopic (exact) mass is 347 g/mol. The number of nitriles is 1. The van der Waals surface area contributed by atoms with E-state index in [0.717, 1.165) is 36.8 Å². The lowest BCUT2D eigenvalue weighted by atomic mass is 10.0. The molecular weight excluding hydrogens is 326 g/mol. The van der Waals surface area contributed by atoms with Gasteiger partial charge in [0.25, 0.3) is 0 Å². The van der Waals surface area contributed by atoms with Crippen molar-refractivity contribution in [2.24, 2.45) is 0 Å². The molecule has 0 spiro atoms. The quantitative estimate of drug-likeness (QED) is 0.535. The van der Waals surface area contributed by atoms with Crippen LogP contribution in [0, 0.1) is 11.3 Å². The molecule has 0 atom stereocenters. The molecule has 0 radical (unpaired) electrons. The van der Waals surface area contributed by atoms with Crippen LogP contribution < -0.4 is 0 Å². The number of ether oxygens (including phenoxy) is 1. The molecule has 4 rings (SSSR count). The number of nitrogens with zero attached hydrogens (tertiary/aromatic N) is 3. The minimum atomic E-state index is -0.312. The third-order valence-electron chi connectivity index (χ3n) is 5.35. The van der Waals surface area contributed by atoms with Gasteiger partial charge in [0.05, 0.1) is 30.8 Å². The third-order valence-corrected chi connectivity index (χ3v) is 5.35. The predicted molar refractivity (Wildman–Crippen MR) is 101 cm³/mol. The van der Waals surface area contributed by atoms with Crippen LogP contribution in [0.15, 0.2) is 42.5 Å². The molecule has 1 aliphatic heterocycles. The predicted octanol–water partition coefficient (Wildman–Crippen LogP) is 3.74. The Morgan fingerprint density at radius 3 is 2.62 bits per heavy atom. The van der Waals surface area contributed by atoms with Gasteiger partial charge in [0.2, 0.25) is 0 Å². The number of likely N-dealkylation sites (tertiary alicyclic amines) is 1. The zero-order valence-corrected chi connectivity index (χ0v) is 14.8. The number of carbonyl (C=O) groups excluding carboxylic acids is 1. The Bertz CT molecular complexity index is 1010. The fourth-order valence-electron chi connectivity index (χ4n) is 4.07. The molecule has 0 saturated carbocycles. The molecule has 0 unspecified atom stereocenters. The first-order valence-electron chi connectivity index (χ1n) is 8.93. The summed E-state index contributed by atoms with van der Waals surface area (Å²) in [6.07, 6.45) is 2.00. The van der Waals surface area contributed by atoms with Crippen molar-refractivity contribution < 1.29 is 9.53 Å². The number of aromatic nitrogens is 1. The standard InChI is InChI=1S/C21H21N3O2/c1-26-21(25)15-6-7-18-17-4-2-3-5-19(17)24(20(18)14-15)16-8-11-23(12-9-16)13-10-22/h2-7,14,16H,8-9,11-13H2,1H3. The highest BCUT2D eigenvalue weighted by Gasteiger charge is 2.24. The van der Waals surface area contributed by atoms with Gasteiger partial charge in [-0.05, 0) is 31.0 Å². The lowest BCUT2D eigenvalue weighted by molar-refractivity contribution is 0.0601. The molecule has 132 valence electrons.